The molecule has 0 aromatic carbocycles. The summed E-state index contributed by atoms with van der Waals surface area (Å²) in [6.07, 6.45) is 6.82. The lowest BCUT2D eigenvalue weighted by Crippen LogP contribution is -2.02. The zero-order chi connectivity index (χ0) is 9.68. The molecule has 3 heteroatoms. The first-order valence-electron chi connectivity index (χ1n) is 5.03. The maximum absolute atomic E-state index is 5.69. The molecule has 0 fully saturated rings. The molecular weight excluding hydrogens is 162 g/mol. The summed E-state index contributed by atoms with van der Waals surface area (Å²) in [6.45, 7) is 5.24. The van der Waals surface area contributed by atoms with Crippen molar-refractivity contribution in [3.63, 3.8) is 0 Å². The van der Waals surface area contributed by atoms with Gasteiger partial charge in [0, 0.05) is 6.54 Å². The van der Waals surface area contributed by atoms with E-state index in [-0.39, 0.29) is 0 Å². The van der Waals surface area contributed by atoms with Gasteiger partial charge < -0.3 is 5.73 Å². The highest BCUT2D eigenvalue weighted by atomic mass is 15.3. The number of unbranched alkanes of at least 4 members (excludes halogenated alkanes) is 3. The predicted octanol–water partition coefficient (Wildman–Crippen LogP) is 2.35. The Bertz CT molecular complexity index is 253. The quantitative estimate of drug-likeness (QED) is 0.709. The minimum atomic E-state index is 0.801. The van der Waals surface area contributed by atoms with Crippen molar-refractivity contribution in [1.29, 1.82) is 0 Å². The van der Waals surface area contributed by atoms with Crippen LogP contribution in [0.3, 0.4) is 0 Å². The van der Waals surface area contributed by atoms with E-state index in [0.29, 0.717) is 0 Å². The van der Waals surface area contributed by atoms with Crippen molar-refractivity contribution >= 4 is 5.69 Å². The van der Waals surface area contributed by atoms with Crippen molar-refractivity contribution < 1.29 is 0 Å². The molecule has 0 saturated carbocycles. The van der Waals surface area contributed by atoms with Gasteiger partial charge in [0.2, 0.25) is 0 Å². The van der Waals surface area contributed by atoms with E-state index < -0.39 is 0 Å². The van der Waals surface area contributed by atoms with Gasteiger partial charge in [-0.1, -0.05) is 26.2 Å². The summed E-state index contributed by atoms with van der Waals surface area (Å²) in [5, 5.41) is 4.20. The molecule has 0 aliphatic carbocycles. The smallest absolute Gasteiger partial charge is 0.0730 e. The number of hydrogen-bond donors (Lipinski definition) is 1. The van der Waals surface area contributed by atoms with Crippen LogP contribution in [0, 0.1) is 6.92 Å². The highest BCUT2D eigenvalue weighted by molar-refractivity contribution is 5.39. The fourth-order valence-corrected chi connectivity index (χ4v) is 1.37. The molecule has 0 atom stereocenters. The largest absolute Gasteiger partial charge is 0.396 e. The van der Waals surface area contributed by atoms with E-state index in [1.54, 1.807) is 6.20 Å². The second-order valence-electron chi connectivity index (χ2n) is 3.47. The van der Waals surface area contributed by atoms with Gasteiger partial charge in [-0.15, -0.1) is 0 Å². The van der Waals surface area contributed by atoms with Gasteiger partial charge in [-0.25, -0.2) is 0 Å². The Hall–Kier alpha value is -0.990. The molecule has 1 heterocycles. The zero-order valence-electron chi connectivity index (χ0n) is 8.58. The lowest BCUT2D eigenvalue weighted by Gasteiger charge is -2.03. The topological polar surface area (TPSA) is 43.8 Å². The standard InChI is InChI=1S/C10H19N3/c1-3-4-5-6-7-13-9(2)10(11)8-12-13/h8H,3-7,11H2,1-2H3. The average Bonchev–Trinajstić information content (AvgIpc) is 2.43. The van der Waals surface area contributed by atoms with Crippen LogP contribution in [0.5, 0.6) is 0 Å². The number of anilines is 1. The van der Waals surface area contributed by atoms with Crippen LogP contribution in [0.25, 0.3) is 0 Å². The fraction of sp³-hybridized carbons (Fsp3) is 0.700. The molecule has 0 aliphatic rings. The monoisotopic (exact) mass is 181 g/mol. The Morgan fingerprint density at radius 3 is 2.69 bits per heavy atom. The van der Waals surface area contributed by atoms with Gasteiger partial charge in [0.05, 0.1) is 17.6 Å². The Kier molecular flexibility index (Phi) is 3.80. The van der Waals surface area contributed by atoms with Crippen molar-refractivity contribution in [2.75, 3.05) is 5.73 Å². The Labute approximate surface area is 79.9 Å². The third-order valence-corrected chi connectivity index (χ3v) is 2.36. The minimum absolute atomic E-state index is 0.801. The maximum Gasteiger partial charge on any atom is 0.0730 e. The van der Waals surface area contributed by atoms with Crippen LogP contribution in [0.15, 0.2) is 6.20 Å². The summed E-state index contributed by atoms with van der Waals surface area (Å²) in [6, 6.07) is 0. The highest BCUT2D eigenvalue weighted by Gasteiger charge is 2.01. The van der Waals surface area contributed by atoms with Crippen LogP contribution >= 0.6 is 0 Å². The molecule has 0 bridgehead atoms. The number of aromatic nitrogens is 2. The molecule has 2 N–H and O–H groups in total. The predicted molar refractivity (Wildman–Crippen MR) is 55.5 cm³/mol. The second-order valence-corrected chi connectivity index (χ2v) is 3.47. The number of rotatable bonds is 5. The van der Waals surface area contributed by atoms with Crippen LogP contribution in [-0.2, 0) is 6.54 Å². The van der Waals surface area contributed by atoms with Crippen LogP contribution in [0.1, 0.15) is 38.3 Å². The van der Waals surface area contributed by atoms with Gasteiger partial charge in [-0.3, -0.25) is 4.68 Å². The summed E-state index contributed by atoms with van der Waals surface area (Å²) in [5.41, 5.74) is 7.58. The Balaban J connectivity index is 2.32. The van der Waals surface area contributed by atoms with E-state index in [2.05, 4.69) is 12.0 Å². The van der Waals surface area contributed by atoms with Crippen molar-refractivity contribution in [2.24, 2.45) is 0 Å². The number of nitrogen functional groups attached to an aromatic ring is 1. The highest BCUT2D eigenvalue weighted by Crippen LogP contribution is 2.10. The third-order valence-electron chi connectivity index (χ3n) is 2.36. The maximum atomic E-state index is 5.69. The Morgan fingerprint density at radius 2 is 2.15 bits per heavy atom. The summed E-state index contributed by atoms with van der Waals surface area (Å²) in [7, 11) is 0. The first-order chi connectivity index (χ1) is 6.25. The van der Waals surface area contributed by atoms with Gasteiger partial charge in [0.25, 0.3) is 0 Å². The zero-order valence-corrected chi connectivity index (χ0v) is 8.58. The molecule has 1 aromatic heterocycles. The van der Waals surface area contributed by atoms with Gasteiger partial charge in [0.15, 0.2) is 0 Å². The molecule has 3 nitrogen and oxygen atoms in total. The van der Waals surface area contributed by atoms with Gasteiger partial charge in [-0.2, -0.15) is 5.10 Å². The molecular formula is C10H19N3. The van der Waals surface area contributed by atoms with Gasteiger partial charge >= 0.3 is 0 Å². The van der Waals surface area contributed by atoms with E-state index in [9.17, 15) is 0 Å². The second kappa shape index (κ2) is 4.90. The van der Waals surface area contributed by atoms with Crippen molar-refractivity contribution in [3.05, 3.63) is 11.9 Å². The van der Waals surface area contributed by atoms with Gasteiger partial charge in [-0.05, 0) is 13.3 Å². The SMILES string of the molecule is CCCCCCn1ncc(N)c1C. The molecule has 0 saturated heterocycles. The third kappa shape index (κ3) is 2.76. The van der Waals surface area contributed by atoms with E-state index in [1.807, 2.05) is 11.6 Å². The van der Waals surface area contributed by atoms with Crippen LogP contribution < -0.4 is 5.73 Å². The van der Waals surface area contributed by atoms with Crippen molar-refractivity contribution in [2.45, 2.75) is 46.1 Å². The van der Waals surface area contributed by atoms with E-state index in [1.165, 1.54) is 25.7 Å². The number of aryl methyl sites for hydroxylation is 1. The van der Waals surface area contributed by atoms with Crippen molar-refractivity contribution in [1.82, 2.24) is 9.78 Å². The van der Waals surface area contributed by atoms with Crippen LogP contribution in [-0.4, -0.2) is 9.78 Å². The molecule has 0 aliphatic heterocycles. The lowest BCUT2D eigenvalue weighted by atomic mass is 10.2. The first-order valence-corrected chi connectivity index (χ1v) is 5.03. The molecule has 74 valence electrons. The van der Waals surface area contributed by atoms with Crippen molar-refractivity contribution in [3.8, 4) is 0 Å². The van der Waals surface area contributed by atoms with Crippen LogP contribution in [0.4, 0.5) is 5.69 Å². The summed E-state index contributed by atoms with van der Waals surface area (Å²) in [5.74, 6) is 0. The summed E-state index contributed by atoms with van der Waals surface area (Å²) >= 11 is 0. The van der Waals surface area contributed by atoms with E-state index >= 15 is 0 Å². The molecule has 0 amide bonds. The Morgan fingerprint density at radius 1 is 1.38 bits per heavy atom. The molecule has 0 unspecified atom stereocenters. The molecule has 0 spiro atoms. The molecule has 1 aromatic rings. The lowest BCUT2D eigenvalue weighted by molar-refractivity contribution is 0.532. The fourth-order valence-electron chi connectivity index (χ4n) is 1.37. The molecule has 1 rings (SSSR count). The number of hydrogen-bond acceptors (Lipinski definition) is 2. The molecule has 13 heavy (non-hydrogen) atoms. The average molecular weight is 181 g/mol. The van der Waals surface area contributed by atoms with Gasteiger partial charge in [0.1, 0.15) is 0 Å². The van der Waals surface area contributed by atoms with E-state index in [4.69, 9.17) is 5.73 Å². The first kappa shape index (κ1) is 10.1. The number of nitrogens with zero attached hydrogens (tertiary/aromatic N) is 2. The van der Waals surface area contributed by atoms with Crippen LogP contribution in [0.2, 0.25) is 0 Å². The number of nitrogens with two attached hydrogens (primary N) is 1. The van der Waals surface area contributed by atoms with E-state index in [0.717, 1.165) is 17.9 Å². The molecule has 0 radical (unpaired) electrons. The minimum Gasteiger partial charge on any atom is -0.396 e. The summed E-state index contributed by atoms with van der Waals surface area (Å²) in [4.78, 5) is 0. The summed E-state index contributed by atoms with van der Waals surface area (Å²) < 4.78 is 1.99. The normalized spacial score (nSPS) is 10.6.